The van der Waals surface area contributed by atoms with Gasteiger partial charge in [-0.1, -0.05) is 18.2 Å². The Morgan fingerprint density at radius 1 is 1.20 bits per heavy atom. The monoisotopic (exact) mass is 339 g/mol. The molecule has 1 amide bonds. The van der Waals surface area contributed by atoms with Crippen LogP contribution in [0.15, 0.2) is 54.7 Å². The summed E-state index contributed by atoms with van der Waals surface area (Å²) in [6.07, 6.45) is 1.91. The number of H-pyrrole nitrogens is 1. The lowest BCUT2D eigenvalue weighted by Crippen LogP contribution is -2.26. The highest BCUT2D eigenvalue weighted by Gasteiger charge is 2.15. The zero-order valence-corrected chi connectivity index (χ0v) is 13.8. The van der Waals surface area contributed by atoms with Crippen molar-refractivity contribution in [1.29, 1.82) is 0 Å². The van der Waals surface area contributed by atoms with Crippen LogP contribution in [0.5, 0.6) is 5.75 Å². The predicted molar refractivity (Wildman–Crippen MR) is 93.0 cm³/mol. The van der Waals surface area contributed by atoms with E-state index in [2.05, 4.69) is 15.5 Å². The minimum atomic E-state index is -0.265. The lowest BCUT2D eigenvalue weighted by atomic mass is 10.1. The number of nitrogens with one attached hydrogen (secondary N) is 2. The van der Waals surface area contributed by atoms with Crippen molar-refractivity contribution < 1.29 is 13.9 Å². The van der Waals surface area contributed by atoms with Gasteiger partial charge in [-0.3, -0.25) is 9.89 Å². The van der Waals surface area contributed by atoms with Gasteiger partial charge in [0.15, 0.2) is 0 Å². The fourth-order valence-corrected chi connectivity index (χ4v) is 2.54. The van der Waals surface area contributed by atoms with Crippen molar-refractivity contribution >= 4 is 5.91 Å². The smallest absolute Gasteiger partial charge is 0.255 e. The van der Waals surface area contributed by atoms with Crippen LogP contribution in [0.4, 0.5) is 4.39 Å². The third-order valence-electron chi connectivity index (χ3n) is 3.90. The summed E-state index contributed by atoms with van der Waals surface area (Å²) in [6.45, 7) is 0.340. The zero-order valence-electron chi connectivity index (χ0n) is 13.8. The van der Waals surface area contributed by atoms with Gasteiger partial charge in [0.1, 0.15) is 11.6 Å². The number of amides is 1. The first kappa shape index (κ1) is 16.7. The van der Waals surface area contributed by atoms with Crippen molar-refractivity contribution in [3.8, 4) is 17.0 Å². The highest BCUT2D eigenvalue weighted by atomic mass is 19.1. The highest BCUT2D eigenvalue weighted by molar-refractivity contribution is 5.99. The van der Waals surface area contributed by atoms with Crippen LogP contribution >= 0.6 is 0 Å². The molecule has 0 fully saturated rings. The number of methoxy groups -OCH3 is 1. The second-order valence-electron chi connectivity index (χ2n) is 5.48. The van der Waals surface area contributed by atoms with E-state index in [1.165, 1.54) is 12.3 Å². The van der Waals surface area contributed by atoms with Gasteiger partial charge >= 0.3 is 0 Å². The largest absolute Gasteiger partial charge is 0.497 e. The van der Waals surface area contributed by atoms with Gasteiger partial charge in [-0.05, 0) is 42.3 Å². The van der Waals surface area contributed by atoms with Crippen molar-refractivity contribution in [3.05, 3.63) is 71.7 Å². The van der Waals surface area contributed by atoms with E-state index in [4.69, 9.17) is 4.74 Å². The Balaban J connectivity index is 1.67. The molecule has 2 aromatic carbocycles. The average Bonchev–Trinajstić information content (AvgIpc) is 3.13. The van der Waals surface area contributed by atoms with Gasteiger partial charge in [-0.2, -0.15) is 5.10 Å². The van der Waals surface area contributed by atoms with Gasteiger partial charge in [0, 0.05) is 12.1 Å². The number of hydrogen-bond donors (Lipinski definition) is 2. The van der Waals surface area contributed by atoms with E-state index in [1.54, 1.807) is 25.3 Å². The summed E-state index contributed by atoms with van der Waals surface area (Å²) in [5.41, 5.74) is 2.48. The van der Waals surface area contributed by atoms with Crippen LogP contribution in [-0.4, -0.2) is 29.8 Å². The molecule has 0 aliphatic rings. The van der Waals surface area contributed by atoms with E-state index >= 15 is 0 Å². The van der Waals surface area contributed by atoms with E-state index in [-0.39, 0.29) is 11.7 Å². The number of benzene rings is 2. The molecule has 0 aliphatic carbocycles. The molecule has 3 aromatic rings. The summed E-state index contributed by atoms with van der Waals surface area (Å²) in [5.74, 6) is 0.217. The topological polar surface area (TPSA) is 67.0 Å². The number of carbonyl (C=O) groups is 1. The average molecular weight is 339 g/mol. The molecule has 0 saturated carbocycles. The van der Waals surface area contributed by atoms with E-state index in [0.29, 0.717) is 29.8 Å². The molecule has 0 saturated heterocycles. The lowest BCUT2D eigenvalue weighted by molar-refractivity contribution is 0.0954. The summed E-state index contributed by atoms with van der Waals surface area (Å²) >= 11 is 0. The van der Waals surface area contributed by atoms with Gasteiger partial charge in [0.2, 0.25) is 0 Å². The Labute approximate surface area is 144 Å². The van der Waals surface area contributed by atoms with Gasteiger partial charge in [0.25, 0.3) is 5.91 Å². The third kappa shape index (κ3) is 3.85. The molecule has 1 heterocycles. The van der Waals surface area contributed by atoms with Gasteiger partial charge in [0.05, 0.1) is 24.6 Å². The fraction of sp³-hybridized carbons (Fsp3) is 0.158. The van der Waals surface area contributed by atoms with E-state index < -0.39 is 0 Å². The SMILES string of the molecule is COc1ccc(-c2[nH]ncc2C(=O)NCCc2ccccc2F)cc1. The second kappa shape index (κ2) is 7.61. The Morgan fingerprint density at radius 3 is 2.68 bits per heavy atom. The Morgan fingerprint density at radius 2 is 1.96 bits per heavy atom. The molecule has 6 heteroatoms. The third-order valence-corrected chi connectivity index (χ3v) is 3.90. The molecule has 25 heavy (non-hydrogen) atoms. The van der Waals surface area contributed by atoms with Crippen LogP contribution in [-0.2, 0) is 6.42 Å². The van der Waals surface area contributed by atoms with Crippen molar-refractivity contribution in [2.45, 2.75) is 6.42 Å². The van der Waals surface area contributed by atoms with Crippen LogP contribution in [0.3, 0.4) is 0 Å². The molecule has 0 spiro atoms. The summed E-state index contributed by atoms with van der Waals surface area (Å²) in [4.78, 5) is 12.4. The maximum atomic E-state index is 13.6. The van der Waals surface area contributed by atoms with E-state index in [9.17, 15) is 9.18 Å². The standard InChI is InChI=1S/C19H18FN3O2/c1-25-15-8-6-14(7-9-15)18-16(12-22-23-18)19(24)21-11-10-13-4-2-3-5-17(13)20/h2-9,12H,10-11H2,1H3,(H,21,24)(H,22,23). The first-order valence-electron chi connectivity index (χ1n) is 7.88. The predicted octanol–water partition coefficient (Wildman–Crippen LogP) is 3.20. The number of hydrogen-bond acceptors (Lipinski definition) is 3. The molecule has 0 aliphatic heterocycles. The number of aromatic amines is 1. The molecule has 128 valence electrons. The molecule has 2 N–H and O–H groups in total. The number of halogens is 1. The van der Waals surface area contributed by atoms with Crippen molar-refractivity contribution in [3.63, 3.8) is 0 Å². The Hall–Kier alpha value is -3.15. The second-order valence-corrected chi connectivity index (χ2v) is 5.48. The Bertz CT molecular complexity index is 859. The van der Waals surface area contributed by atoms with Crippen molar-refractivity contribution in [2.75, 3.05) is 13.7 Å². The minimum absolute atomic E-state index is 0.254. The number of rotatable bonds is 6. The molecule has 0 radical (unpaired) electrons. The van der Waals surface area contributed by atoms with Crippen molar-refractivity contribution in [2.24, 2.45) is 0 Å². The highest BCUT2D eigenvalue weighted by Crippen LogP contribution is 2.23. The number of aromatic nitrogens is 2. The zero-order chi connectivity index (χ0) is 17.6. The van der Waals surface area contributed by atoms with Gasteiger partial charge in [-0.25, -0.2) is 4.39 Å². The van der Waals surface area contributed by atoms with Crippen molar-refractivity contribution in [1.82, 2.24) is 15.5 Å². The number of carbonyl (C=O) groups excluding carboxylic acids is 1. The maximum absolute atomic E-state index is 13.6. The summed E-state index contributed by atoms with van der Waals surface area (Å²) in [5, 5.41) is 9.61. The first-order chi connectivity index (χ1) is 12.2. The summed E-state index contributed by atoms with van der Waals surface area (Å²) < 4.78 is 18.7. The molecule has 0 bridgehead atoms. The molecule has 1 aromatic heterocycles. The molecule has 0 unspecified atom stereocenters. The quantitative estimate of drug-likeness (QED) is 0.725. The lowest BCUT2D eigenvalue weighted by Gasteiger charge is -2.07. The van der Waals surface area contributed by atoms with Crippen LogP contribution < -0.4 is 10.1 Å². The maximum Gasteiger partial charge on any atom is 0.255 e. The number of nitrogens with zero attached hydrogens (tertiary/aromatic N) is 1. The Kier molecular flexibility index (Phi) is 5.09. The van der Waals surface area contributed by atoms with Crippen LogP contribution in [0.1, 0.15) is 15.9 Å². The van der Waals surface area contributed by atoms with E-state index in [0.717, 1.165) is 11.3 Å². The fourth-order valence-electron chi connectivity index (χ4n) is 2.54. The normalized spacial score (nSPS) is 10.5. The molecule has 3 rings (SSSR count). The van der Waals surface area contributed by atoms with Crippen LogP contribution in [0.2, 0.25) is 0 Å². The van der Waals surface area contributed by atoms with Crippen LogP contribution in [0.25, 0.3) is 11.3 Å². The van der Waals surface area contributed by atoms with Gasteiger partial charge < -0.3 is 10.1 Å². The summed E-state index contributed by atoms with van der Waals surface area (Å²) in [6, 6.07) is 13.9. The van der Waals surface area contributed by atoms with Crippen LogP contribution in [0, 0.1) is 5.82 Å². The minimum Gasteiger partial charge on any atom is -0.497 e. The molecular formula is C19H18FN3O2. The van der Waals surface area contributed by atoms with Gasteiger partial charge in [-0.15, -0.1) is 0 Å². The number of ether oxygens (including phenoxy) is 1. The summed E-state index contributed by atoms with van der Waals surface area (Å²) in [7, 11) is 1.60. The molecular weight excluding hydrogens is 321 g/mol. The molecule has 0 atom stereocenters. The van der Waals surface area contributed by atoms with E-state index in [1.807, 2.05) is 24.3 Å². The molecule has 5 nitrogen and oxygen atoms in total. The first-order valence-corrected chi connectivity index (χ1v) is 7.88.